The third-order valence-corrected chi connectivity index (χ3v) is 8.30. The second-order valence-electron chi connectivity index (χ2n) is 12.2. The minimum Gasteiger partial charge on any atom is -0.487 e. The largest absolute Gasteiger partial charge is 0.487 e. The molecular weight excluding hydrogens is 672 g/mol. The highest BCUT2D eigenvalue weighted by molar-refractivity contribution is 5.85. The summed E-state index contributed by atoms with van der Waals surface area (Å²) < 4.78 is 31.4. The van der Waals surface area contributed by atoms with Crippen molar-refractivity contribution in [1.82, 2.24) is 19.7 Å². The molecule has 0 unspecified atom stereocenters. The normalized spacial score (nSPS) is 11.2. The van der Waals surface area contributed by atoms with E-state index in [0.717, 1.165) is 39.7 Å². The first-order chi connectivity index (χ1) is 25.9. The summed E-state index contributed by atoms with van der Waals surface area (Å²) >= 11 is 0. The van der Waals surface area contributed by atoms with Gasteiger partial charge in [0.2, 0.25) is 17.7 Å². The van der Waals surface area contributed by atoms with Gasteiger partial charge in [0.15, 0.2) is 0 Å². The van der Waals surface area contributed by atoms with Crippen LogP contribution in [-0.2, 0) is 31.2 Å². The van der Waals surface area contributed by atoms with Crippen LogP contribution in [0.25, 0.3) is 29.0 Å². The summed E-state index contributed by atoms with van der Waals surface area (Å²) in [5.74, 6) is 3.16. The predicted octanol–water partition coefficient (Wildman–Crippen LogP) is 8.69. The van der Waals surface area contributed by atoms with Gasteiger partial charge in [-0.1, -0.05) is 60.7 Å². The van der Waals surface area contributed by atoms with Crippen molar-refractivity contribution in [2.75, 3.05) is 0 Å². The summed E-state index contributed by atoms with van der Waals surface area (Å²) in [6, 6.07) is 34.7. The lowest BCUT2D eigenvalue weighted by molar-refractivity contribution is -0.131. The number of aryl methyl sites for hydroxylation is 2. The minimum absolute atomic E-state index is 0.220. The van der Waals surface area contributed by atoms with E-state index in [2.05, 4.69) is 15.1 Å². The Morgan fingerprint density at radius 1 is 0.679 bits per heavy atom. The molecule has 53 heavy (non-hydrogen) atoms. The number of rotatable bonds is 15. The molecule has 0 aliphatic heterocycles. The molecule has 0 aliphatic carbocycles. The highest BCUT2D eigenvalue weighted by Crippen LogP contribution is 2.26. The quantitative estimate of drug-likeness (QED) is 0.103. The number of aliphatic carboxylic acids is 1. The summed E-state index contributed by atoms with van der Waals surface area (Å²) in [7, 11) is 0. The lowest BCUT2D eigenvalue weighted by Gasteiger charge is -2.08. The summed E-state index contributed by atoms with van der Waals surface area (Å²) in [5, 5.41) is 13.8. The molecule has 0 spiro atoms. The van der Waals surface area contributed by atoms with Crippen LogP contribution in [0.1, 0.15) is 39.6 Å². The van der Waals surface area contributed by atoms with E-state index >= 15 is 0 Å². The highest BCUT2D eigenvalue weighted by atomic mass is 16.5. The van der Waals surface area contributed by atoms with Crippen LogP contribution in [0.5, 0.6) is 17.4 Å². The zero-order valence-corrected chi connectivity index (χ0v) is 29.1. The molecule has 7 aromatic rings. The number of carboxylic acid groups (broad SMARTS) is 1. The van der Waals surface area contributed by atoms with Crippen molar-refractivity contribution in [3.63, 3.8) is 0 Å². The van der Waals surface area contributed by atoms with Gasteiger partial charge in [-0.3, -0.25) is 4.68 Å². The van der Waals surface area contributed by atoms with Gasteiger partial charge in [0.05, 0.1) is 12.1 Å². The van der Waals surface area contributed by atoms with Crippen molar-refractivity contribution in [2.24, 2.45) is 0 Å². The molecule has 0 saturated carbocycles. The maximum absolute atomic E-state index is 11.3. The predicted molar refractivity (Wildman–Crippen MR) is 197 cm³/mol. The van der Waals surface area contributed by atoms with Gasteiger partial charge in [-0.2, -0.15) is 0 Å². The molecule has 0 amide bonds. The van der Waals surface area contributed by atoms with Crippen LogP contribution in [0.4, 0.5) is 0 Å². The van der Waals surface area contributed by atoms with E-state index < -0.39 is 5.97 Å². The molecule has 4 aromatic carbocycles. The number of oxazole rings is 2. The fourth-order valence-corrected chi connectivity index (χ4v) is 5.44. The average molecular weight is 709 g/mol. The van der Waals surface area contributed by atoms with E-state index in [4.69, 9.17) is 23.0 Å². The Morgan fingerprint density at radius 3 is 1.70 bits per heavy atom. The van der Waals surface area contributed by atoms with Gasteiger partial charge in [0, 0.05) is 23.4 Å². The van der Waals surface area contributed by atoms with Gasteiger partial charge in [-0.15, -0.1) is 5.10 Å². The molecule has 0 atom stereocenters. The summed E-state index contributed by atoms with van der Waals surface area (Å²) in [4.78, 5) is 20.5. The third kappa shape index (κ3) is 8.89. The molecule has 11 nitrogen and oxygen atoms in total. The Balaban J connectivity index is 0.942. The van der Waals surface area contributed by atoms with E-state index in [1.54, 1.807) is 10.9 Å². The van der Waals surface area contributed by atoms with Crippen LogP contribution in [0.3, 0.4) is 0 Å². The maximum atomic E-state index is 11.3. The third-order valence-electron chi connectivity index (χ3n) is 8.30. The number of ether oxygens (including phenoxy) is 3. The number of nitrogens with zero attached hydrogens (tertiary/aromatic N) is 4. The van der Waals surface area contributed by atoms with Crippen LogP contribution >= 0.6 is 0 Å². The number of hydrogen-bond donors (Lipinski definition) is 1. The number of carbonyl (C=O) groups is 1. The van der Waals surface area contributed by atoms with Gasteiger partial charge in [0.25, 0.3) is 0 Å². The molecule has 3 aromatic heterocycles. The molecule has 3 heterocycles. The Labute approximate surface area is 305 Å². The van der Waals surface area contributed by atoms with E-state index in [1.165, 1.54) is 6.08 Å². The standard InChI is InChI=1S/C42H36N4O7/c1-28-37(43-40(52-28)32-9-5-3-6-10-32)26-49-35-18-13-30(14-19-35)23-46-24-34(17-22-39(47)48)42(45-46)51-25-31-15-20-36(21-16-31)50-27-38-29(2)53-41(44-38)33-11-7-4-8-12-33/h3-22,24H,23,25-27H2,1-2H3,(H,47,48). The van der Waals surface area contributed by atoms with Gasteiger partial charge in [0.1, 0.15) is 54.2 Å². The Hall–Kier alpha value is -6.88. The maximum Gasteiger partial charge on any atom is 0.328 e. The molecule has 0 bridgehead atoms. The average Bonchev–Trinajstić information content (AvgIpc) is 3.88. The first kappa shape index (κ1) is 34.6. The Morgan fingerprint density at radius 2 is 1.19 bits per heavy atom. The second kappa shape index (κ2) is 16.0. The number of aromatic nitrogens is 4. The van der Waals surface area contributed by atoms with Crippen molar-refractivity contribution in [3.05, 3.63) is 161 Å². The van der Waals surface area contributed by atoms with E-state index in [0.29, 0.717) is 52.8 Å². The molecule has 0 radical (unpaired) electrons. The smallest absolute Gasteiger partial charge is 0.328 e. The van der Waals surface area contributed by atoms with Crippen molar-refractivity contribution in [3.8, 4) is 40.3 Å². The SMILES string of the molecule is Cc1oc(-c2ccccc2)nc1COc1ccc(COc2nn(Cc3ccc(OCc4nc(-c5ccccc5)oc4C)cc3)cc2C=CC(=O)O)cc1. The Kier molecular flexibility index (Phi) is 10.4. The zero-order chi connectivity index (χ0) is 36.6. The van der Waals surface area contributed by atoms with Gasteiger partial charge >= 0.3 is 5.97 Å². The minimum atomic E-state index is -1.07. The Bertz CT molecular complexity index is 2310. The van der Waals surface area contributed by atoms with Crippen molar-refractivity contribution in [2.45, 2.75) is 40.2 Å². The van der Waals surface area contributed by atoms with E-state index in [-0.39, 0.29) is 19.8 Å². The highest BCUT2D eigenvalue weighted by Gasteiger charge is 2.14. The lowest BCUT2D eigenvalue weighted by Crippen LogP contribution is -2.02. The topological polar surface area (TPSA) is 135 Å². The first-order valence-corrected chi connectivity index (χ1v) is 16.9. The lowest BCUT2D eigenvalue weighted by atomic mass is 10.2. The molecule has 7 rings (SSSR count). The van der Waals surface area contributed by atoms with Crippen LogP contribution in [-0.4, -0.2) is 30.8 Å². The fourth-order valence-electron chi connectivity index (χ4n) is 5.44. The van der Waals surface area contributed by atoms with Gasteiger partial charge in [-0.25, -0.2) is 14.8 Å². The molecule has 1 N–H and O–H groups in total. The number of carboxylic acids is 1. The van der Waals surface area contributed by atoms with E-state index in [1.807, 2.05) is 123 Å². The first-order valence-electron chi connectivity index (χ1n) is 16.9. The molecule has 266 valence electrons. The van der Waals surface area contributed by atoms with Crippen molar-refractivity contribution in [1.29, 1.82) is 0 Å². The van der Waals surface area contributed by atoms with Crippen molar-refractivity contribution < 1.29 is 32.9 Å². The van der Waals surface area contributed by atoms with Crippen LogP contribution in [0.15, 0.2) is 130 Å². The van der Waals surface area contributed by atoms with Crippen LogP contribution in [0.2, 0.25) is 0 Å². The summed E-state index contributed by atoms with van der Waals surface area (Å²) in [6.45, 7) is 4.94. The molecule has 0 aliphatic rings. The zero-order valence-electron chi connectivity index (χ0n) is 29.1. The fraction of sp³-hybridized carbons (Fsp3) is 0.143. The molecule has 0 saturated heterocycles. The monoisotopic (exact) mass is 708 g/mol. The van der Waals surface area contributed by atoms with Crippen LogP contribution < -0.4 is 14.2 Å². The second-order valence-corrected chi connectivity index (χ2v) is 12.2. The molecular formula is C42H36N4O7. The van der Waals surface area contributed by atoms with Gasteiger partial charge < -0.3 is 28.2 Å². The van der Waals surface area contributed by atoms with Crippen LogP contribution in [0, 0.1) is 13.8 Å². The van der Waals surface area contributed by atoms with Gasteiger partial charge in [-0.05, 0) is 79.6 Å². The van der Waals surface area contributed by atoms with E-state index in [9.17, 15) is 9.90 Å². The molecule has 0 fully saturated rings. The summed E-state index contributed by atoms with van der Waals surface area (Å²) in [6.07, 6.45) is 4.29. The number of hydrogen-bond acceptors (Lipinski definition) is 9. The van der Waals surface area contributed by atoms with Crippen molar-refractivity contribution >= 4 is 12.0 Å². The summed E-state index contributed by atoms with van der Waals surface area (Å²) in [5.41, 5.74) is 5.68. The number of benzene rings is 4. The molecule has 11 heteroatoms.